The molecule has 0 bridgehead atoms. The van der Waals surface area contributed by atoms with E-state index in [1.54, 1.807) is 11.1 Å². The van der Waals surface area contributed by atoms with Crippen molar-refractivity contribution < 1.29 is 28.6 Å². The second kappa shape index (κ2) is 14.8. The number of aromatic nitrogens is 2. The first-order valence-electron chi connectivity index (χ1n) is 16.4. The van der Waals surface area contributed by atoms with Crippen molar-refractivity contribution in [2.45, 2.75) is 104 Å². The Labute approximate surface area is 275 Å². The summed E-state index contributed by atoms with van der Waals surface area (Å²) in [5.41, 5.74) is 0.0645. The average molecular weight is 639 g/mol. The van der Waals surface area contributed by atoms with Crippen LogP contribution in [0.2, 0.25) is 0 Å². The van der Waals surface area contributed by atoms with Crippen LogP contribution in [0.5, 0.6) is 0 Å². The lowest BCUT2D eigenvalue weighted by Gasteiger charge is -2.46. The topological polar surface area (TPSA) is 111 Å². The number of likely N-dealkylation sites (tertiary alicyclic amines) is 2. The Morgan fingerprint density at radius 1 is 0.783 bits per heavy atom. The van der Waals surface area contributed by atoms with Crippen LogP contribution < -0.4 is 0 Å². The van der Waals surface area contributed by atoms with Gasteiger partial charge in [0.2, 0.25) is 0 Å². The van der Waals surface area contributed by atoms with Crippen LogP contribution in [0.1, 0.15) is 93.0 Å². The fourth-order valence-corrected chi connectivity index (χ4v) is 6.64. The molecule has 0 saturated carbocycles. The molecule has 46 heavy (non-hydrogen) atoms. The molecular formula is C36H54N4O6. The molecule has 0 aliphatic carbocycles. The summed E-state index contributed by atoms with van der Waals surface area (Å²) >= 11 is 0. The second-order valence-corrected chi connectivity index (χ2v) is 14.6. The summed E-state index contributed by atoms with van der Waals surface area (Å²) in [5, 5.41) is 0. The maximum atomic E-state index is 12.6. The molecule has 2 fully saturated rings. The van der Waals surface area contributed by atoms with E-state index in [1.807, 2.05) is 89.9 Å². The smallest absolute Gasteiger partial charge is 0.410 e. The van der Waals surface area contributed by atoms with Gasteiger partial charge in [0, 0.05) is 49.7 Å². The third-order valence-corrected chi connectivity index (χ3v) is 9.16. The van der Waals surface area contributed by atoms with E-state index in [-0.39, 0.29) is 29.5 Å². The summed E-state index contributed by atoms with van der Waals surface area (Å²) in [5.74, 6) is -0.0904. The zero-order chi connectivity index (χ0) is 34.3. The minimum absolute atomic E-state index is 0.0553. The number of carbonyl (C=O) groups is 3. The van der Waals surface area contributed by atoms with E-state index < -0.39 is 16.6 Å². The van der Waals surface area contributed by atoms with Crippen molar-refractivity contribution in [3.05, 3.63) is 60.2 Å². The minimum Gasteiger partial charge on any atom is -0.468 e. The first-order valence-corrected chi connectivity index (χ1v) is 16.4. The third-order valence-electron chi connectivity index (χ3n) is 9.16. The number of amides is 2. The number of carbonyl (C=O) groups excluding carboxylic acids is 3. The van der Waals surface area contributed by atoms with Crippen molar-refractivity contribution in [2.75, 3.05) is 33.3 Å². The van der Waals surface area contributed by atoms with Gasteiger partial charge in [-0.3, -0.25) is 14.8 Å². The number of hydrogen-bond donors (Lipinski definition) is 0. The number of rotatable bonds is 4. The van der Waals surface area contributed by atoms with Crippen LogP contribution in [0.25, 0.3) is 0 Å². The van der Waals surface area contributed by atoms with Gasteiger partial charge < -0.3 is 24.0 Å². The molecule has 2 saturated heterocycles. The van der Waals surface area contributed by atoms with E-state index in [1.165, 1.54) is 7.11 Å². The van der Waals surface area contributed by atoms with Gasteiger partial charge in [-0.1, -0.05) is 32.9 Å². The van der Waals surface area contributed by atoms with Gasteiger partial charge in [-0.25, -0.2) is 9.59 Å². The molecule has 0 radical (unpaired) electrons. The fourth-order valence-electron chi connectivity index (χ4n) is 6.64. The number of methoxy groups -OCH3 is 1. The predicted octanol–water partition coefficient (Wildman–Crippen LogP) is 6.78. The molecule has 2 aromatic heterocycles. The van der Waals surface area contributed by atoms with Gasteiger partial charge in [0.1, 0.15) is 16.6 Å². The van der Waals surface area contributed by atoms with Crippen molar-refractivity contribution in [3.63, 3.8) is 0 Å². The maximum absolute atomic E-state index is 12.6. The molecule has 10 heteroatoms. The summed E-state index contributed by atoms with van der Waals surface area (Å²) in [6.45, 7) is 19.9. The SMILES string of the molecule is CC[C@@]1(c2ccccn2)CCN(C(=O)OC(C)(C)C)C[C@H]1C.COC(=O)[C@@]1(c2ccccn2)CCN(C(=O)OC(C)(C)C)C[C@H]1C. The van der Waals surface area contributed by atoms with Gasteiger partial charge in [-0.2, -0.15) is 0 Å². The maximum Gasteiger partial charge on any atom is 0.410 e. The lowest BCUT2D eigenvalue weighted by atomic mass is 9.67. The summed E-state index contributed by atoms with van der Waals surface area (Å²) < 4.78 is 16.0. The lowest BCUT2D eigenvalue weighted by molar-refractivity contribution is -0.152. The Morgan fingerprint density at radius 3 is 1.65 bits per heavy atom. The summed E-state index contributed by atoms with van der Waals surface area (Å²) in [4.78, 5) is 49.7. The van der Waals surface area contributed by atoms with Gasteiger partial charge in [0.15, 0.2) is 0 Å². The van der Waals surface area contributed by atoms with Crippen LogP contribution in [0, 0.1) is 11.8 Å². The van der Waals surface area contributed by atoms with Gasteiger partial charge in [0.25, 0.3) is 0 Å². The summed E-state index contributed by atoms with van der Waals surface area (Å²) in [6.07, 6.45) is 5.40. The zero-order valence-corrected chi connectivity index (χ0v) is 29.5. The number of nitrogens with zero attached hydrogens (tertiary/aromatic N) is 4. The largest absolute Gasteiger partial charge is 0.468 e. The molecule has 0 aromatic carbocycles. The first-order chi connectivity index (χ1) is 21.5. The third kappa shape index (κ3) is 8.56. The van der Waals surface area contributed by atoms with Gasteiger partial charge >= 0.3 is 18.2 Å². The van der Waals surface area contributed by atoms with Crippen molar-refractivity contribution >= 4 is 18.2 Å². The molecule has 4 heterocycles. The number of pyridine rings is 2. The monoisotopic (exact) mass is 638 g/mol. The molecule has 0 unspecified atom stereocenters. The molecule has 2 aromatic rings. The van der Waals surface area contributed by atoms with Crippen LogP contribution >= 0.6 is 0 Å². The molecule has 2 aliphatic rings. The number of ether oxygens (including phenoxy) is 3. The van der Waals surface area contributed by atoms with Crippen LogP contribution in [-0.4, -0.2) is 82.4 Å². The molecule has 10 nitrogen and oxygen atoms in total. The van der Waals surface area contributed by atoms with Crippen molar-refractivity contribution in [2.24, 2.45) is 11.8 Å². The Morgan fingerprint density at radius 2 is 1.26 bits per heavy atom. The fraction of sp³-hybridized carbons (Fsp3) is 0.639. The van der Waals surface area contributed by atoms with Gasteiger partial charge in [0.05, 0.1) is 12.8 Å². The molecule has 4 atom stereocenters. The van der Waals surface area contributed by atoms with Crippen molar-refractivity contribution in [1.29, 1.82) is 0 Å². The van der Waals surface area contributed by atoms with Crippen LogP contribution in [0.4, 0.5) is 9.59 Å². The predicted molar refractivity (Wildman–Crippen MR) is 177 cm³/mol. The highest BCUT2D eigenvalue weighted by Crippen LogP contribution is 2.42. The molecule has 4 rings (SSSR count). The number of hydrogen-bond acceptors (Lipinski definition) is 8. The standard InChI is InChI=1S/C18H26N2O4.C18H28N2O2/c1-13-12-20(16(22)24-17(2,3)4)11-9-18(13,15(21)23-5)14-8-6-7-10-19-14;1-6-18(15-9-7-8-11-19-15)10-12-20(13-14(18)2)16(21)22-17(3,4)5/h6-8,10,13H,9,11-12H2,1-5H3;7-9,11,14H,6,10,12-13H2,1-5H3/t13-,18+;14-,18-/m11/s1. The first kappa shape index (κ1) is 36.8. The highest BCUT2D eigenvalue weighted by atomic mass is 16.6. The Balaban J connectivity index is 0.000000251. The van der Waals surface area contributed by atoms with Crippen molar-refractivity contribution in [3.8, 4) is 0 Å². The van der Waals surface area contributed by atoms with Crippen LogP contribution in [0.3, 0.4) is 0 Å². The van der Waals surface area contributed by atoms with Crippen LogP contribution in [-0.2, 0) is 29.8 Å². The zero-order valence-electron chi connectivity index (χ0n) is 29.5. The highest BCUT2D eigenvalue weighted by Gasteiger charge is 2.51. The Kier molecular flexibility index (Phi) is 11.8. The molecular weight excluding hydrogens is 584 g/mol. The quantitative estimate of drug-likeness (QED) is 0.266. The average Bonchev–Trinajstić information content (AvgIpc) is 3.00. The number of esters is 1. The summed E-state index contributed by atoms with van der Waals surface area (Å²) in [7, 11) is 1.39. The Hall–Kier alpha value is -3.69. The van der Waals surface area contributed by atoms with Crippen LogP contribution in [0.15, 0.2) is 48.8 Å². The molecule has 2 aliphatic heterocycles. The van der Waals surface area contributed by atoms with E-state index in [9.17, 15) is 14.4 Å². The van der Waals surface area contributed by atoms with Crippen molar-refractivity contribution in [1.82, 2.24) is 19.8 Å². The molecule has 0 N–H and O–H groups in total. The second-order valence-electron chi connectivity index (χ2n) is 14.6. The Bertz CT molecular complexity index is 1310. The molecule has 254 valence electrons. The lowest BCUT2D eigenvalue weighted by Crippen LogP contribution is -2.55. The normalized spacial score (nSPS) is 25.1. The molecule has 2 amide bonds. The van der Waals surface area contributed by atoms with E-state index in [2.05, 4.69) is 29.9 Å². The van der Waals surface area contributed by atoms with Gasteiger partial charge in [-0.15, -0.1) is 0 Å². The highest BCUT2D eigenvalue weighted by molar-refractivity contribution is 5.83. The molecule has 0 spiro atoms. The minimum atomic E-state index is -0.839. The van der Waals surface area contributed by atoms with Gasteiger partial charge in [-0.05, 0) is 96.9 Å². The van der Waals surface area contributed by atoms with E-state index in [4.69, 9.17) is 14.2 Å². The van der Waals surface area contributed by atoms with E-state index in [0.717, 1.165) is 31.6 Å². The number of piperidine rings is 2. The summed E-state index contributed by atoms with van der Waals surface area (Å²) in [6, 6.07) is 11.6. The van der Waals surface area contributed by atoms with E-state index >= 15 is 0 Å². The van der Waals surface area contributed by atoms with E-state index in [0.29, 0.717) is 31.1 Å².